The summed E-state index contributed by atoms with van der Waals surface area (Å²) in [5, 5.41) is 0. The molecule has 0 atom stereocenters. The third-order valence-corrected chi connectivity index (χ3v) is 25.1. The molecule has 39 heteroatoms. The van der Waals surface area contributed by atoms with Crippen LogP contribution in [0.2, 0.25) is 0 Å². The smallest absolute Gasteiger partial charge is 1.00 e. The molecule has 10 aromatic heterocycles. The largest absolute Gasteiger partial charge is 1.00 e. The van der Waals surface area contributed by atoms with Crippen LogP contribution in [-0.4, -0.2) is 106 Å². The maximum atomic E-state index is 13.6. The van der Waals surface area contributed by atoms with Crippen LogP contribution in [0.3, 0.4) is 0 Å². The van der Waals surface area contributed by atoms with E-state index in [0.29, 0.717) is 45.5 Å². The first-order valence-corrected chi connectivity index (χ1v) is 44.8. The average molecular weight is 2330 g/mol. The van der Waals surface area contributed by atoms with Crippen molar-refractivity contribution < 1.29 is 58.7 Å². The molecule has 0 unspecified atom stereocenters. The fourth-order valence-electron chi connectivity index (χ4n) is 10.5. The summed E-state index contributed by atoms with van der Waals surface area (Å²) in [5.74, 6) is -2.54. The Hall–Kier alpha value is -7.99. The van der Waals surface area contributed by atoms with Crippen molar-refractivity contribution >= 4 is 282 Å². The molecular formula is C84H62B2Br10F2N18NaO4S2. The number of hydrogen-bond acceptors (Lipinski definition) is 24. The van der Waals surface area contributed by atoms with Gasteiger partial charge in [0.25, 0.3) is 11.6 Å². The van der Waals surface area contributed by atoms with Gasteiger partial charge in [-0.15, -0.1) is 0 Å². The number of nitrogens with two attached hydrogens (primary N) is 4. The molecule has 1 fully saturated rings. The van der Waals surface area contributed by atoms with E-state index in [1.54, 1.807) is 49.1 Å². The van der Waals surface area contributed by atoms with Crippen LogP contribution in [0.15, 0.2) is 294 Å². The van der Waals surface area contributed by atoms with Crippen LogP contribution < -0.4 is 58.0 Å². The van der Waals surface area contributed by atoms with Gasteiger partial charge in [0.1, 0.15) is 89.9 Å². The number of aromatic nitrogens is 14. The molecule has 17 aromatic rings. The average Bonchev–Trinajstić information content (AvgIpc) is 1.14. The zero-order valence-electron chi connectivity index (χ0n) is 65.9. The van der Waals surface area contributed by atoms with Gasteiger partial charge in [-0.3, -0.25) is 39.5 Å². The van der Waals surface area contributed by atoms with Gasteiger partial charge < -0.3 is 33.7 Å². The summed E-state index contributed by atoms with van der Waals surface area (Å²) in [6.45, 7) is 7.53. The molecule has 22 nitrogen and oxygen atoms in total. The van der Waals surface area contributed by atoms with Gasteiger partial charge in [0.2, 0.25) is 0 Å². The van der Waals surface area contributed by atoms with Crippen LogP contribution in [0, 0.1) is 11.6 Å². The van der Waals surface area contributed by atoms with Crippen molar-refractivity contribution in [2.75, 3.05) is 22.9 Å². The van der Waals surface area contributed by atoms with Crippen LogP contribution in [-0.2, 0) is 9.31 Å². The molecule has 1 saturated heterocycles. The molecule has 0 amide bonds. The fraction of sp³-hybridized carbons (Fsp3) is 0.0714. The third-order valence-electron chi connectivity index (χ3n) is 17.4. The maximum Gasteiger partial charge on any atom is 1.00 e. The Labute approximate surface area is 823 Å². The zero-order valence-corrected chi connectivity index (χ0v) is 84.4. The number of carbonyl (C=O) groups is 2. The standard InChI is InChI=1S/2C18H10Br2N4.C12H15BF2O2.C12H8N2O2.C6H2Br2N2S.2C6H6Br2N2.C6H4N2S.B.Na.H/c2*19-11-7-8-12(20)16-15(11)23-17(13-5-1-3-9-21-13)18(24-16)14-6-2-4-10-22-14;1-11(2)12(3,4)17-13(16-11)9-6-5-8(14)7-10(9)15;15-11(9-5-1-3-7-13-9)12(16)10-6-2-4-8-14-10;7-3-1-2-4(8)6-5(3)9-11-10-6;2*7-3-1-2-4(8)6(10)5(3)9;1-2-4-6-5(3-1)7-9-8-6;;;/h2*1-10H;5-7H,1-4H3;1-8H;1-2H;2*1-2H,9-10H2;1-4H;;;/q;;;;;;;;;+1;-1. The van der Waals surface area contributed by atoms with E-state index >= 15 is 0 Å². The Balaban J connectivity index is 0.000000180. The molecule has 123 heavy (non-hydrogen) atoms. The van der Waals surface area contributed by atoms with Crippen LogP contribution in [0.1, 0.15) is 50.1 Å². The van der Waals surface area contributed by atoms with Crippen molar-refractivity contribution in [1.82, 2.24) is 67.3 Å². The minimum absolute atomic E-state index is 0. The first-order valence-electron chi connectivity index (χ1n) is 35.4. The molecule has 615 valence electrons. The van der Waals surface area contributed by atoms with Crippen molar-refractivity contribution in [2.45, 2.75) is 38.9 Å². The van der Waals surface area contributed by atoms with Crippen molar-refractivity contribution in [3.63, 3.8) is 0 Å². The van der Waals surface area contributed by atoms with Gasteiger partial charge >= 0.3 is 36.7 Å². The Morgan fingerprint density at radius 3 is 0.878 bits per heavy atom. The summed E-state index contributed by atoms with van der Waals surface area (Å²) in [7, 11) is -0.791. The summed E-state index contributed by atoms with van der Waals surface area (Å²) in [6.07, 6.45) is 9.94. The number of pyridine rings is 6. The molecule has 0 aliphatic carbocycles. The van der Waals surface area contributed by atoms with Crippen LogP contribution in [0.25, 0.3) is 89.7 Å². The summed E-state index contributed by atoms with van der Waals surface area (Å²) < 4.78 is 63.0. The number of nitrogen functional groups attached to an aromatic ring is 4. The molecule has 0 spiro atoms. The summed E-state index contributed by atoms with van der Waals surface area (Å²) in [4.78, 5) is 68.1. The van der Waals surface area contributed by atoms with E-state index in [2.05, 4.69) is 207 Å². The number of benzene rings is 7. The second-order valence-electron chi connectivity index (χ2n) is 26.0. The molecule has 11 heterocycles. The Morgan fingerprint density at radius 2 is 0.610 bits per heavy atom. The van der Waals surface area contributed by atoms with Gasteiger partial charge in [0.05, 0.1) is 80.2 Å². The Kier molecular flexibility index (Phi) is 37.3. The van der Waals surface area contributed by atoms with E-state index in [4.69, 9.17) is 52.2 Å². The number of carbonyl (C=O) groups excluding carboxylic acids is 2. The van der Waals surface area contributed by atoms with E-state index in [1.807, 2.05) is 185 Å². The fourth-order valence-corrected chi connectivity index (χ4v) is 15.6. The van der Waals surface area contributed by atoms with Crippen molar-refractivity contribution in [1.29, 1.82) is 0 Å². The van der Waals surface area contributed by atoms with Crippen molar-refractivity contribution in [3.05, 3.63) is 317 Å². The molecule has 8 N–H and O–H groups in total. The molecule has 1 aliphatic rings. The number of halogens is 12. The van der Waals surface area contributed by atoms with Gasteiger partial charge in [-0.25, -0.2) is 28.7 Å². The van der Waals surface area contributed by atoms with E-state index in [9.17, 15) is 18.4 Å². The Bertz CT molecular complexity index is 5940. The van der Waals surface area contributed by atoms with Crippen LogP contribution >= 0.6 is 183 Å². The third kappa shape index (κ3) is 25.7. The summed E-state index contributed by atoms with van der Waals surface area (Å²) >= 11 is 36.5. The van der Waals surface area contributed by atoms with Gasteiger partial charge in [-0.05, 0) is 339 Å². The zero-order chi connectivity index (χ0) is 86.7. The number of anilines is 4. The summed E-state index contributed by atoms with van der Waals surface area (Å²) in [6, 6.07) is 62.9. The number of nitrogens with zero attached hydrogens (tertiary/aromatic N) is 14. The quantitative estimate of drug-likeness (QED) is 0.0475. The van der Waals surface area contributed by atoms with E-state index in [0.717, 1.165) is 118 Å². The second kappa shape index (κ2) is 46.5. The van der Waals surface area contributed by atoms with Gasteiger partial charge in [-0.1, -0.05) is 54.6 Å². The monoisotopic (exact) mass is 2320 g/mol. The molecule has 7 aromatic carbocycles. The predicted molar refractivity (Wildman–Crippen MR) is 520 cm³/mol. The normalized spacial score (nSPS) is 11.9. The minimum Gasteiger partial charge on any atom is -1.00 e. The van der Waals surface area contributed by atoms with Crippen molar-refractivity contribution in [3.8, 4) is 45.6 Å². The van der Waals surface area contributed by atoms with E-state index in [1.165, 1.54) is 60.1 Å². The maximum absolute atomic E-state index is 13.6. The topological polar surface area (TPSA) is 337 Å². The molecule has 0 saturated carbocycles. The van der Waals surface area contributed by atoms with E-state index < -0.39 is 41.5 Å². The van der Waals surface area contributed by atoms with Crippen molar-refractivity contribution in [2.24, 2.45) is 0 Å². The van der Waals surface area contributed by atoms with Gasteiger partial charge in [0, 0.05) is 102 Å². The SMILES string of the molecule is Brc1ccc(Br)c2nc(-c3ccccn3)c(-c3ccccn3)nc12.Brc1ccc(Br)c2nc(-c3ccccn3)c(-c3ccccn3)nc12.Brc1ccc(Br)c2nsnc12.CC1(C)OB(c2ccc(F)cc2F)OC1(C)C.Nc1c(Br)ccc(Br)c1N.Nc1c(Br)ccc(Br)c1N.O=C(C(=O)c1ccccn1)c1ccccn1.[B].[H-].[Na+].c1ccc2nsnc2c1. The van der Waals surface area contributed by atoms with Gasteiger partial charge in [-0.2, -0.15) is 17.5 Å². The van der Waals surface area contributed by atoms with Crippen LogP contribution in [0.5, 0.6) is 0 Å². The van der Waals surface area contributed by atoms with Crippen LogP contribution in [0.4, 0.5) is 31.5 Å². The van der Waals surface area contributed by atoms with E-state index in [-0.39, 0.29) is 56.2 Å². The Morgan fingerprint density at radius 1 is 0.350 bits per heavy atom. The molecule has 3 radical (unpaired) electrons. The van der Waals surface area contributed by atoms with Gasteiger partial charge in [0.15, 0.2) is 0 Å². The number of Topliss-reactive ketones (excluding diaryl/α,β-unsaturated/α-hetero) is 2. The first-order chi connectivity index (χ1) is 58.0. The number of ketones is 2. The number of rotatable bonds is 8. The summed E-state index contributed by atoms with van der Waals surface area (Å²) in [5.41, 5.74) is 36.9. The number of hydrogen-bond donors (Lipinski definition) is 4. The minimum atomic E-state index is -0.791. The molecule has 1 aliphatic heterocycles. The predicted octanol–water partition coefficient (Wildman–Crippen LogP) is 20.8. The second-order valence-corrected chi connectivity index (χ2v) is 35.6. The molecular weight excluding hydrogens is 2270 g/mol. The molecule has 0 bridgehead atoms. The first kappa shape index (κ1) is 98.8. The number of fused-ring (bicyclic) bond motifs is 4. The molecule has 18 rings (SSSR count).